The number of piperazine rings is 1. The minimum atomic E-state index is -0.685. The average Bonchev–Trinajstić information content (AvgIpc) is 2.93. The molecule has 1 spiro atoms. The maximum atomic E-state index is 12.9. The topological polar surface area (TPSA) is 64.1 Å². The fourth-order valence-corrected chi connectivity index (χ4v) is 5.06. The van der Waals surface area contributed by atoms with E-state index in [1.807, 2.05) is 6.07 Å². The van der Waals surface area contributed by atoms with Gasteiger partial charge in [-0.05, 0) is 25.0 Å². The van der Waals surface area contributed by atoms with Crippen LogP contribution in [0.4, 0.5) is 5.69 Å². The number of anilines is 1. The average molecular weight is 386 g/mol. The first-order chi connectivity index (χ1) is 13.6. The minimum Gasteiger partial charge on any atom is -0.390 e. The Balaban J connectivity index is 1.27. The summed E-state index contributed by atoms with van der Waals surface area (Å²) >= 11 is 0. The summed E-state index contributed by atoms with van der Waals surface area (Å²) in [6.45, 7) is 4.23. The number of para-hydroxylation sites is 1. The Labute approximate surface area is 167 Å². The first kappa shape index (κ1) is 19.4. The highest BCUT2D eigenvalue weighted by Crippen LogP contribution is 2.45. The van der Waals surface area contributed by atoms with Crippen LogP contribution in [0.3, 0.4) is 0 Å². The molecule has 2 aliphatic heterocycles. The number of benzene rings is 1. The molecule has 2 saturated heterocycles. The summed E-state index contributed by atoms with van der Waals surface area (Å²) in [4.78, 5) is 31.3. The third kappa shape index (κ3) is 3.94. The molecule has 0 bridgehead atoms. The summed E-state index contributed by atoms with van der Waals surface area (Å²) in [5.41, 5.74) is 0.768. The van der Waals surface area contributed by atoms with Gasteiger partial charge in [0.15, 0.2) is 0 Å². The van der Waals surface area contributed by atoms with Crippen LogP contribution in [0.1, 0.15) is 38.5 Å². The van der Waals surface area contributed by atoms with E-state index in [1.54, 1.807) is 0 Å². The molecule has 1 atom stereocenters. The van der Waals surface area contributed by atoms with Crippen LogP contribution in [0.2, 0.25) is 0 Å². The Hall–Kier alpha value is -1.92. The maximum absolute atomic E-state index is 12.9. The minimum absolute atomic E-state index is 0.0369. The number of aliphatic hydroxyl groups excluding tert-OH is 1. The van der Waals surface area contributed by atoms with Crippen molar-refractivity contribution >= 4 is 17.5 Å². The van der Waals surface area contributed by atoms with Gasteiger partial charge in [-0.15, -0.1) is 0 Å². The molecule has 1 aromatic carbocycles. The van der Waals surface area contributed by atoms with Crippen molar-refractivity contribution in [3.8, 4) is 0 Å². The van der Waals surface area contributed by atoms with E-state index < -0.39 is 11.5 Å². The zero-order valence-corrected chi connectivity index (χ0v) is 16.6. The lowest BCUT2D eigenvalue weighted by Crippen LogP contribution is -2.50. The summed E-state index contributed by atoms with van der Waals surface area (Å²) in [5.74, 6) is -0.134. The van der Waals surface area contributed by atoms with Gasteiger partial charge in [0.2, 0.25) is 11.8 Å². The Morgan fingerprint density at radius 3 is 2.29 bits per heavy atom. The zero-order chi connectivity index (χ0) is 19.6. The number of hydrogen-bond donors (Lipinski definition) is 1. The molecule has 2 amide bonds. The molecule has 1 aromatic rings. The molecule has 152 valence electrons. The third-order valence-electron chi connectivity index (χ3n) is 6.66. The Morgan fingerprint density at radius 1 is 0.929 bits per heavy atom. The Morgan fingerprint density at radius 2 is 1.61 bits per heavy atom. The van der Waals surface area contributed by atoms with Crippen LogP contribution < -0.4 is 4.90 Å². The number of aliphatic hydroxyl groups is 1. The standard InChI is InChI=1S/C22H31N3O3/c26-19(16-23-11-13-24(14-12-23)18-7-3-1-4-8-18)17-25-20(27)15-22(21(25)28)9-5-2-6-10-22/h1,3-4,7-8,19,26H,2,5-6,9-17H2/t19-/m1/s1. The monoisotopic (exact) mass is 385 g/mol. The SMILES string of the molecule is O=C1CC2(CCCCC2)C(=O)N1C[C@H](O)CN1CCN(c2ccccc2)CC1. The molecular weight excluding hydrogens is 354 g/mol. The number of likely N-dealkylation sites (tertiary alicyclic amines) is 1. The van der Waals surface area contributed by atoms with Crippen molar-refractivity contribution in [2.24, 2.45) is 5.41 Å². The van der Waals surface area contributed by atoms with Crippen LogP contribution >= 0.6 is 0 Å². The van der Waals surface area contributed by atoms with Crippen LogP contribution in [0.25, 0.3) is 0 Å². The fraction of sp³-hybridized carbons (Fsp3) is 0.636. The lowest BCUT2D eigenvalue weighted by molar-refractivity contribution is -0.144. The highest BCUT2D eigenvalue weighted by Gasteiger charge is 2.51. The number of hydrogen-bond acceptors (Lipinski definition) is 5. The van der Waals surface area contributed by atoms with E-state index in [2.05, 4.69) is 34.1 Å². The molecule has 0 unspecified atom stereocenters. The Bertz CT molecular complexity index is 694. The summed E-state index contributed by atoms with van der Waals surface area (Å²) in [5, 5.41) is 10.6. The molecule has 3 fully saturated rings. The first-order valence-corrected chi connectivity index (χ1v) is 10.6. The predicted molar refractivity (Wildman–Crippen MR) is 108 cm³/mol. The van der Waals surface area contributed by atoms with E-state index in [4.69, 9.17) is 0 Å². The van der Waals surface area contributed by atoms with Gasteiger partial charge < -0.3 is 10.0 Å². The van der Waals surface area contributed by atoms with E-state index >= 15 is 0 Å². The second-order valence-electron chi connectivity index (χ2n) is 8.60. The number of carbonyl (C=O) groups excluding carboxylic acids is 2. The molecule has 0 radical (unpaired) electrons. The van der Waals surface area contributed by atoms with Crippen LogP contribution in [-0.2, 0) is 9.59 Å². The van der Waals surface area contributed by atoms with Crippen molar-refractivity contribution in [3.05, 3.63) is 30.3 Å². The van der Waals surface area contributed by atoms with Crippen LogP contribution in [0.5, 0.6) is 0 Å². The van der Waals surface area contributed by atoms with E-state index in [9.17, 15) is 14.7 Å². The number of β-amino-alcohol motifs (C(OH)–C–C–N with tert-alkyl or cyclic N) is 1. The van der Waals surface area contributed by atoms with E-state index in [0.29, 0.717) is 13.0 Å². The molecule has 6 nitrogen and oxygen atoms in total. The number of imide groups is 1. The first-order valence-electron chi connectivity index (χ1n) is 10.6. The van der Waals surface area contributed by atoms with Gasteiger partial charge >= 0.3 is 0 Å². The van der Waals surface area contributed by atoms with Crippen LogP contribution in [0, 0.1) is 5.41 Å². The molecular formula is C22H31N3O3. The van der Waals surface area contributed by atoms with Gasteiger partial charge in [0.1, 0.15) is 0 Å². The smallest absolute Gasteiger partial charge is 0.235 e. The molecule has 2 heterocycles. The second kappa shape index (κ2) is 8.21. The van der Waals surface area contributed by atoms with Crippen LogP contribution in [-0.4, -0.2) is 72.1 Å². The van der Waals surface area contributed by atoms with Crippen molar-refractivity contribution in [1.29, 1.82) is 0 Å². The summed E-state index contributed by atoms with van der Waals surface area (Å²) < 4.78 is 0. The van der Waals surface area contributed by atoms with Gasteiger partial charge in [-0.25, -0.2) is 0 Å². The molecule has 0 aromatic heterocycles. The van der Waals surface area contributed by atoms with Gasteiger partial charge in [0, 0.05) is 44.8 Å². The second-order valence-corrected chi connectivity index (χ2v) is 8.60. The van der Waals surface area contributed by atoms with E-state index in [0.717, 1.165) is 58.3 Å². The number of rotatable bonds is 5. The molecule has 28 heavy (non-hydrogen) atoms. The molecule has 3 aliphatic rings. The number of nitrogens with zero attached hydrogens (tertiary/aromatic N) is 3. The maximum Gasteiger partial charge on any atom is 0.235 e. The molecule has 1 N–H and O–H groups in total. The molecule has 1 aliphatic carbocycles. The predicted octanol–water partition coefficient (Wildman–Crippen LogP) is 1.88. The number of amides is 2. The highest BCUT2D eigenvalue weighted by molar-refractivity contribution is 6.06. The normalized spacial score (nSPS) is 24.2. The van der Waals surface area contributed by atoms with E-state index in [-0.39, 0.29) is 18.4 Å². The van der Waals surface area contributed by atoms with Crippen molar-refractivity contribution in [1.82, 2.24) is 9.80 Å². The van der Waals surface area contributed by atoms with Gasteiger partial charge in [-0.2, -0.15) is 0 Å². The van der Waals surface area contributed by atoms with Crippen molar-refractivity contribution in [2.45, 2.75) is 44.6 Å². The summed E-state index contributed by atoms with van der Waals surface area (Å²) in [6.07, 6.45) is 4.52. The highest BCUT2D eigenvalue weighted by atomic mass is 16.3. The van der Waals surface area contributed by atoms with Gasteiger partial charge in [0.05, 0.1) is 18.1 Å². The van der Waals surface area contributed by atoms with Crippen LogP contribution in [0.15, 0.2) is 30.3 Å². The van der Waals surface area contributed by atoms with Crippen molar-refractivity contribution in [2.75, 3.05) is 44.2 Å². The summed E-state index contributed by atoms with van der Waals surface area (Å²) in [7, 11) is 0. The quantitative estimate of drug-likeness (QED) is 0.784. The molecule has 6 heteroatoms. The van der Waals surface area contributed by atoms with Gasteiger partial charge in [-0.1, -0.05) is 37.5 Å². The molecule has 4 rings (SSSR count). The lowest BCUT2D eigenvalue weighted by Gasteiger charge is -2.37. The third-order valence-corrected chi connectivity index (χ3v) is 6.66. The number of carbonyl (C=O) groups is 2. The van der Waals surface area contributed by atoms with Crippen molar-refractivity contribution < 1.29 is 14.7 Å². The lowest BCUT2D eigenvalue weighted by atomic mass is 9.73. The van der Waals surface area contributed by atoms with Crippen molar-refractivity contribution in [3.63, 3.8) is 0 Å². The molecule has 1 saturated carbocycles. The van der Waals surface area contributed by atoms with E-state index in [1.165, 1.54) is 10.6 Å². The summed E-state index contributed by atoms with van der Waals surface area (Å²) in [6, 6.07) is 10.4. The largest absolute Gasteiger partial charge is 0.390 e. The zero-order valence-electron chi connectivity index (χ0n) is 16.6. The van der Waals surface area contributed by atoms with Gasteiger partial charge in [-0.3, -0.25) is 19.4 Å². The fourth-order valence-electron chi connectivity index (χ4n) is 5.06. The Kier molecular flexibility index (Phi) is 5.69. The van der Waals surface area contributed by atoms with Gasteiger partial charge in [0.25, 0.3) is 0 Å².